The third-order valence-electron chi connectivity index (χ3n) is 1.39. The molecule has 0 unspecified atom stereocenters. The van der Waals surface area contributed by atoms with Crippen molar-refractivity contribution in [2.24, 2.45) is 0 Å². The first-order chi connectivity index (χ1) is 5.52. The van der Waals surface area contributed by atoms with Gasteiger partial charge >= 0.3 is 7.12 Å². The molecule has 0 radical (unpaired) electrons. The van der Waals surface area contributed by atoms with Crippen molar-refractivity contribution < 1.29 is 18.8 Å². The molecule has 1 rings (SSSR count). The largest absolute Gasteiger partial charge is 0.491 e. The predicted molar refractivity (Wildman–Crippen MR) is 40.6 cm³/mol. The van der Waals surface area contributed by atoms with Gasteiger partial charge in [0.1, 0.15) is 11.6 Å². The molecule has 0 bridgehead atoms. The van der Waals surface area contributed by atoms with Gasteiger partial charge in [0, 0.05) is 5.46 Å². The summed E-state index contributed by atoms with van der Waals surface area (Å²) in [5.41, 5.74) is 4.12. The van der Waals surface area contributed by atoms with Crippen LogP contribution in [0.15, 0.2) is 12.1 Å². The van der Waals surface area contributed by atoms with Crippen molar-refractivity contribution in [3.8, 4) is 0 Å². The maximum Gasteiger partial charge on any atom is 0.491 e. The number of benzene rings is 1. The summed E-state index contributed by atoms with van der Waals surface area (Å²) in [5.74, 6) is -1.82. The number of anilines is 1. The fraction of sp³-hybridized carbons (Fsp3) is 0. The second-order valence-electron chi connectivity index (χ2n) is 2.27. The Labute approximate surface area is 67.6 Å². The smallest absolute Gasteiger partial charge is 0.423 e. The van der Waals surface area contributed by atoms with Gasteiger partial charge in [0.2, 0.25) is 0 Å². The highest BCUT2D eigenvalue weighted by Crippen LogP contribution is 2.09. The van der Waals surface area contributed by atoms with Gasteiger partial charge in [-0.25, -0.2) is 8.78 Å². The van der Waals surface area contributed by atoms with E-state index < -0.39 is 24.2 Å². The van der Waals surface area contributed by atoms with Crippen LogP contribution in [-0.2, 0) is 0 Å². The highest BCUT2D eigenvalue weighted by atomic mass is 19.1. The SMILES string of the molecule is Nc1cc(F)c(B(O)O)cc1F. The summed E-state index contributed by atoms with van der Waals surface area (Å²) in [4.78, 5) is 0. The second kappa shape index (κ2) is 3.08. The highest BCUT2D eigenvalue weighted by Gasteiger charge is 2.18. The number of nitrogen functional groups attached to an aromatic ring is 1. The minimum absolute atomic E-state index is 0.364. The van der Waals surface area contributed by atoms with E-state index in [-0.39, 0.29) is 5.69 Å². The van der Waals surface area contributed by atoms with Crippen molar-refractivity contribution in [1.82, 2.24) is 0 Å². The molecule has 6 heteroatoms. The van der Waals surface area contributed by atoms with Crippen LogP contribution in [0.3, 0.4) is 0 Å². The second-order valence-corrected chi connectivity index (χ2v) is 2.27. The Morgan fingerprint density at radius 3 is 2.25 bits per heavy atom. The minimum atomic E-state index is -2.03. The number of hydrogen-bond acceptors (Lipinski definition) is 3. The fourth-order valence-corrected chi connectivity index (χ4v) is 0.775. The van der Waals surface area contributed by atoms with Gasteiger partial charge < -0.3 is 15.8 Å². The molecule has 0 saturated heterocycles. The summed E-state index contributed by atoms with van der Waals surface area (Å²) in [6, 6.07) is 1.35. The van der Waals surface area contributed by atoms with Gasteiger partial charge in [-0.2, -0.15) is 0 Å². The van der Waals surface area contributed by atoms with Crippen LogP contribution < -0.4 is 11.2 Å². The van der Waals surface area contributed by atoms with Crippen molar-refractivity contribution in [2.75, 3.05) is 5.73 Å². The summed E-state index contributed by atoms with van der Waals surface area (Å²) in [6.45, 7) is 0. The zero-order valence-corrected chi connectivity index (χ0v) is 5.96. The van der Waals surface area contributed by atoms with E-state index in [0.29, 0.717) is 12.1 Å². The van der Waals surface area contributed by atoms with E-state index in [2.05, 4.69) is 0 Å². The Bertz CT molecular complexity index is 306. The number of nitrogens with two attached hydrogens (primary N) is 1. The Hall–Kier alpha value is -1.14. The van der Waals surface area contributed by atoms with Crippen molar-refractivity contribution in [3.05, 3.63) is 23.8 Å². The molecule has 0 aliphatic rings. The molecule has 0 spiro atoms. The third kappa shape index (κ3) is 1.54. The molecule has 4 N–H and O–H groups in total. The molecule has 0 atom stereocenters. The zero-order valence-electron chi connectivity index (χ0n) is 5.96. The lowest BCUT2D eigenvalue weighted by molar-refractivity contribution is 0.422. The molecular formula is C6H6BF2NO2. The van der Waals surface area contributed by atoms with Crippen molar-refractivity contribution in [2.45, 2.75) is 0 Å². The van der Waals surface area contributed by atoms with E-state index in [9.17, 15) is 8.78 Å². The lowest BCUT2D eigenvalue weighted by Crippen LogP contribution is -2.33. The zero-order chi connectivity index (χ0) is 9.30. The molecule has 3 nitrogen and oxygen atoms in total. The third-order valence-corrected chi connectivity index (χ3v) is 1.39. The molecule has 0 amide bonds. The summed E-state index contributed by atoms with van der Waals surface area (Å²) in [7, 11) is -2.03. The quantitative estimate of drug-likeness (QED) is 0.385. The lowest BCUT2D eigenvalue weighted by atomic mass is 9.80. The average molecular weight is 173 g/mol. The first kappa shape index (κ1) is 8.96. The van der Waals surface area contributed by atoms with Crippen molar-refractivity contribution in [1.29, 1.82) is 0 Å². The maximum absolute atomic E-state index is 12.7. The van der Waals surface area contributed by atoms with Gasteiger partial charge in [-0.3, -0.25) is 0 Å². The van der Waals surface area contributed by atoms with Gasteiger partial charge in [0.25, 0.3) is 0 Å². The normalized spacial score (nSPS) is 10.0. The number of halogens is 2. The lowest BCUT2D eigenvalue weighted by Gasteiger charge is -2.03. The topological polar surface area (TPSA) is 66.5 Å². The van der Waals surface area contributed by atoms with E-state index in [0.717, 1.165) is 0 Å². The molecule has 0 aromatic heterocycles. The summed E-state index contributed by atoms with van der Waals surface area (Å²) in [6.07, 6.45) is 0. The van der Waals surface area contributed by atoms with E-state index in [1.54, 1.807) is 0 Å². The van der Waals surface area contributed by atoms with Crippen LogP contribution in [0.4, 0.5) is 14.5 Å². The van der Waals surface area contributed by atoms with Gasteiger partial charge in [0.15, 0.2) is 0 Å². The van der Waals surface area contributed by atoms with Gasteiger partial charge in [-0.05, 0) is 12.1 Å². The van der Waals surface area contributed by atoms with Gasteiger partial charge in [-0.1, -0.05) is 0 Å². The Morgan fingerprint density at radius 1 is 1.17 bits per heavy atom. The first-order valence-electron chi connectivity index (χ1n) is 3.13. The number of rotatable bonds is 1. The van der Waals surface area contributed by atoms with Crippen LogP contribution in [-0.4, -0.2) is 17.2 Å². The summed E-state index contributed by atoms with van der Waals surface area (Å²) >= 11 is 0. The summed E-state index contributed by atoms with van der Waals surface area (Å²) < 4.78 is 25.3. The van der Waals surface area contributed by atoms with E-state index in [1.807, 2.05) is 0 Å². The highest BCUT2D eigenvalue weighted by molar-refractivity contribution is 6.58. The molecule has 1 aromatic carbocycles. The molecule has 12 heavy (non-hydrogen) atoms. The van der Waals surface area contributed by atoms with E-state index >= 15 is 0 Å². The molecule has 0 heterocycles. The van der Waals surface area contributed by atoms with Gasteiger partial charge in [-0.15, -0.1) is 0 Å². The van der Waals surface area contributed by atoms with Gasteiger partial charge in [0.05, 0.1) is 5.69 Å². The number of hydrogen-bond donors (Lipinski definition) is 3. The maximum atomic E-state index is 12.7. The predicted octanol–water partition coefficient (Wildman–Crippen LogP) is -0.773. The molecule has 0 aliphatic carbocycles. The summed E-state index contributed by atoms with van der Waals surface area (Å²) in [5, 5.41) is 17.1. The van der Waals surface area contributed by atoms with Crippen LogP contribution in [0.25, 0.3) is 0 Å². The van der Waals surface area contributed by atoms with Crippen LogP contribution in [0.5, 0.6) is 0 Å². The van der Waals surface area contributed by atoms with Crippen LogP contribution in [0.2, 0.25) is 0 Å². The molecule has 0 aliphatic heterocycles. The van der Waals surface area contributed by atoms with Crippen LogP contribution in [0, 0.1) is 11.6 Å². The molecule has 0 saturated carbocycles. The fourth-order valence-electron chi connectivity index (χ4n) is 0.775. The minimum Gasteiger partial charge on any atom is -0.423 e. The Balaban J connectivity index is 3.23. The van der Waals surface area contributed by atoms with Crippen molar-refractivity contribution in [3.63, 3.8) is 0 Å². The standard InChI is InChI=1S/C6H6BF2NO2/c8-4-2-6(10)5(9)1-3(4)7(11)12/h1-2,11-12H,10H2. The molecule has 1 aromatic rings. The monoisotopic (exact) mass is 173 g/mol. The first-order valence-corrected chi connectivity index (χ1v) is 3.13. The van der Waals surface area contributed by atoms with Crippen LogP contribution >= 0.6 is 0 Å². The Kier molecular flexibility index (Phi) is 2.30. The average Bonchev–Trinajstić information content (AvgIpc) is 1.96. The Morgan fingerprint density at radius 2 is 1.75 bits per heavy atom. The van der Waals surface area contributed by atoms with Crippen molar-refractivity contribution >= 4 is 18.3 Å². The molecular weight excluding hydrogens is 167 g/mol. The van der Waals surface area contributed by atoms with E-state index in [1.165, 1.54) is 0 Å². The van der Waals surface area contributed by atoms with Crippen LogP contribution in [0.1, 0.15) is 0 Å². The molecule has 0 fully saturated rings. The van der Waals surface area contributed by atoms with E-state index in [4.69, 9.17) is 15.8 Å². The molecule has 64 valence electrons.